The second-order valence-corrected chi connectivity index (χ2v) is 4.16. The van der Waals surface area contributed by atoms with Crippen molar-refractivity contribution in [3.8, 4) is 11.3 Å². The second kappa shape index (κ2) is 4.43. The van der Waals surface area contributed by atoms with E-state index in [1.54, 1.807) is 12.3 Å². The molecule has 0 N–H and O–H groups in total. The third kappa shape index (κ3) is 2.45. The van der Waals surface area contributed by atoms with Crippen molar-refractivity contribution in [3.05, 3.63) is 39.4 Å². The van der Waals surface area contributed by atoms with Gasteiger partial charge < -0.3 is 0 Å². The fraction of sp³-hybridized carbons (Fsp3) is 0. The maximum absolute atomic E-state index is 5.78. The van der Waals surface area contributed by atoms with E-state index < -0.39 is 0 Å². The minimum absolute atomic E-state index is 0.119. The van der Waals surface area contributed by atoms with Crippen molar-refractivity contribution in [1.29, 1.82) is 0 Å². The molecule has 0 saturated heterocycles. The fourth-order valence-electron chi connectivity index (χ4n) is 1.10. The molecule has 0 aliphatic carbocycles. The van der Waals surface area contributed by atoms with E-state index in [0.717, 1.165) is 5.56 Å². The lowest BCUT2D eigenvalue weighted by Crippen LogP contribution is -1.90. The molecule has 76 valence electrons. The Bertz CT molecular complexity index is 484. The van der Waals surface area contributed by atoms with Crippen molar-refractivity contribution < 1.29 is 0 Å². The molecule has 2 heterocycles. The lowest BCUT2D eigenvalue weighted by molar-refractivity contribution is 1.16. The molecule has 0 atom stereocenters. The van der Waals surface area contributed by atoms with E-state index in [9.17, 15) is 0 Å². The zero-order valence-electron chi connectivity index (χ0n) is 7.28. The van der Waals surface area contributed by atoms with Crippen LogP contribution in [-0.2, 0) is 0 Å². The van der Waals surface area contributed by atoms with Crippen molar-refractivity contribution >= 4 is 39.1 Å². The predicted molar refractivity (Wildman–Crippen MR) is 63.0 cm³/mol. The molecular weight excluding hydrogens is 301 g/mol. The van der Waals surface area contributed by atoms with Crippen LogP contribution in [0.3, 0.4) is 0 Å². The van der Waals surface area contributed by atoms with Gasteiger partial charge in [0.25, 0.3) is 0 Å². The van der Waals surface area contributed by atoms with Crippen LogP contribution in [0.1, 0.15) is 0 Å². The van der Waals surface area contributed by atoms with Gasteiger partial charge in [0.1, 0.15) is 9.76 Å². The Hall–Kier alpha value is -0.710. The van der Waals surface area contributed by atoms with Crippen molar-refractivity contribution in [3.63, 3.8) is 0 Å². The molecule has 15 heavy (non-hydrogen) atoms. The van der Waals surface area contributed by atoms with Gasteiger partial charge in [-0.2, -0.15) is 0 Å². The van der Waals surface area contributed by atoms with Gasteiger partial charge in [0.2, 0.25) is 5.28 Å². The SMILES string of the molecule is Clc1cc(-c2cccnc2Br)nc(Cl)n1. The van der Waals surface area contributed by atoms with E-state index in [1.165, 1.54) is 0 Å². The third-order valence-electron chi connectivity index (χ3n) is 1.70. The van der Waals surface area contributed by atoms with Crippen LogP contribution < -0.4 is 0 Å². The van der Waals surface area contributed by atoms with Crippen LogP contribution in [0, 0.1) is 0 Å². The highest BCUT2D eigenvalue weighted by molar-refractivity contribution is 9.10. The van der Waals surface area contributed by atoms with E-state index in [4.69, 9.17) is 23.2 Å². The van der Waals surface area contributed by atoms with Crippen molar-refractivity contribution in [1.82, 2.24) is 15.0 Å². The highest BCUT2D eigenvalue weighted by atomic mass is 79.9. The van der Waals surface area contributed by atoms with E-state index >= 15 is 0 Å². The summed E-state index contributed by atoms with van der Waals surface area (Å²) in [6, 6.07) is 5.31. The molecule has 0 radical (unpaired) electrons. The summed E-state index contributed by atoms with van der Waals surface area (Å²) >= 11 is 14.8. The van der Waals surface area contributed by atoms with Gasteiger partial charge in [-0.3, -0.25) is 0 Å². The molecule has 0 aliphatic heterocycles. The van der Waals surface area contributed by atoms with Gasteiger partial charge in [-0.1, -0.05) is 11.6 Å². The van der Waals surface area contributed by atoms with Crippen LogP contribution in [0.4, 0.5) is 0 Å². The molecule has 0 aromatic carbocycles. The van der Waals surface area contributed by atoms with Gasteiger partial charge in [-0.15, -0.1) is 0 Å². The molecule has 0 saturated carbocycles. The van der Waals surface area contributed by atoms with Gasteiger partial charge in [-0.25, -0.2) is 15.0 Å². The summed E-state index contributed by atoms with van der Waals surface area (Å²) in [6.07, 6.45) is 1.68. The highest BCUT2D eigenvalue weighted by Gasteiger charge is 2.07. The fourth-order valence-corrected chi connectivity index (χ4v) is 1.97. The first kappa shape index (κ1) is 10.8. The van der Waals surface area contributed by atoms with Crippen LogP contribution in [0.25, 0.3) is 11.3 Å². The number of halogens is 3. The summed E-state index contributed by atoms with van der Waals surface area (Å²) in [4.78, 5) is 11.9. The molecule has 3 nitrogen and oxygen atoms in total. The Morgan fingerprint density at radius 2 is 2.00 bits per heavy atom. The molecule has 2 aromatic rings. The summed E-state index contributed by atoms with van der Waals surface area (Å²) in [6.45, 7) is 0. The van der Waals surface area contributed by atoms with Crippen LogP contribution in [-0.4, -0.2) is 15.0 Å². The topological polar surface area (TPSA) is 38.7 Å². The van der Waals surface area contributed by atoms with Crippen LogP contribution in [0.5, 0.6) is 0 Å². The maximum Gasteiger partial charge on any atom is 0.224 e. The van der Waals surface area contributed by atoms with Gasteiger partial charge in [-0.05, 0) is 39.7 Å². The first-order valence-corrected chi connectivity index (χ1v) is 5.52. The maximum atomic E-state index is 5.78. The van der Waals surface area contributed by atoms with Crippen LogP contribution in [0.2, 0.25) is 10.4 Å². The van der Waals surface area contributed by atoms with E-state index in [2.05, 4.69) is 30.9 Å². The molecule has 2 rings (SSSR count). The van der Waals surface area contributed by atoms with Crippen molar-refractivity contribution in [2.45, 2.75) is 0 Å². The Morgan fingerprint density at radius 3 is 2.67 bits per heavy atom. The van der Waals surface area contributed by atoms with Crippen LogP contribution >= 0.6 is 39.1 Å². The monoisotopic (exact) mass is 303 g/mol. The summed E-state index contributed by atoms with van der Waals surface area (Å²) in [5, 5.41) is 0.425. The molecule has 0 amide bonds. The predicted octanol–water partition coefficient (Wildman–Crippen LogP) is 3.61. The van der Waals surface area contributed by atoms with Crippen molar-refractivity contribution in [2.75, 3.05) is 0 Å². The summed E-state index contributed by atoms with van der Waals surface area (Å²) in [7, 11) is 0. The lowest BCUT2D eigenvalue weighted by atomic mass is 10.2. The molecule has 2 aromatic heterocycles. The molecule has 0 aliphatic rings. The Morgan fingerprint density at radius 1 is 1.20 bits per heavy atom. The number of pyridine rings is 1. The van der Waals surface area contributed by atoms with E-state index in [1.807, 2.05) is 12.1 Å². The number of nitrogens with zero attached hydrogens (tertiary/aromatic N) is 3. The minimum Gasteiger partial charge on any atom is -0.249 e. The zero-order valence-corrected chi connectivity index (χ0v) is 10.4. The smallest absolute Gasteiger partial charge is 0.224 e. The van der Waals surface area contributed by atoms with Gasteiger partial charge in [0, 0.05) is 17.8 Å². The minimum atomic E-state index is 0.119. The number of hydrogen-bond donors (Lipinski definition) is 0. The third-order valence-corrected chi connectivity index (χ3v) is 2.70. The Balaban J connectivity index is 2.59. The van der Waals surface area contributed by atoms with E-state index in [-0.39, 0.29) is 5.28 Å². The first-order chi connectivity index (χ1) is 7.16. The molecule has 0 spiro atoms. The van der Waals surface area contributed by atoms with E-state index in [0.29, 0.717) is 15.5 Å². The second-order valence-electron chi connectivity index (χ2n) is 2.69. The highest BCUT2D eigenvalue weighted by Crippen LogP contribution is 2.26. The Labute approximate surface area is 105 Å². The number of rotatable bonds is 1. The molecule has 0 unspecified atom stereocenters. The van der Waals surface area contributed by atoms with Gasteiger partial charge in [0.05, 0.1) is 5.69 Å². The number of aromatic nitrogens is 3. The summed E-state index contributed by atoms with van der Waals surface area (Å²) in [5.41, 5.74) is 1.46. The Kier molecular flexibility index (Phi) is 3.19. The standard InChI is InChI=1S/C9H4BrCl2N3/c10-8-5(2-1-3-13-8)6-4-7(11)15-9(12)14-6/h1-4H. The average molecular weight is 305 g/mol. The number of hydrogen-bond acceptors (Lipinski definition) is 3. The summed E-state index contributed by atoms with van der Waals surface area (Å²) in [5.74, 6) is 0. The lowest BCUT2D eigenvalue weighted by Gasteiger charge is -2.03. The molecular formula is C9H4BrCl2N3. The zero-order chi connectivity index (χ0) is 10.8. The van der Waals surface area contributed by atoms with Gasteiger partial charge in [0.15, 0.2) is 0 Å². The van der Waals surface area contributed by atoms with Crippen LogP contribution in [0.15, 0.2) is 29.0 Å². The summed E-state index contributed by atoms with van der Waals surface area (Å²) < 4.78 is 0.691. The van der Waals surface area contributed by atoms with Gasteiger partial charge >= 0.3 is 0 Å². The first-order valence-electron chi connectivity index (χ1n) is 3.98. The largest absolute Gasteiger partial charge is 0.249 e. The quantitative estimate of drug-likeness (QED) is 0.459. The normalized spacial score (nSPS) is 10.3. The average Bonchev–Trinajstić information content (AvgIpc) is 2.16. The van der Waals surface area contributed by atoms with Crippen molar-refractivity contribution in [2.24, 2.45) is 0 Å². The molecule has 0 fully saturated rings. The molecule has 0 bridgehead atoms. The molecule has 6 heteroatoms.